The molecule has 0 aliphatic rings. The number of hydrogen-bond acceptors (Lipinski definition) is 3. The van der Waals surface area contributed by atoms with Gasteiger partial charge in [-0.25, -0.2) is 4.79 Å². The standard InChI is InChI=1S/C14H20N2O3/c1-10(2)7-12(14(18)19)16(3)13(17)8-11-5-4-6-15-9-11/h4-6,9-10,12H,7-8H2,1-3H3,(H,18,19). The maximum atomic E-state index is 12.1. The maximum Gasteiger partial charge on any atom is 0.326 e. The van der Waals surface area contributed by atoms with Gasteiger partial charge in [0, 0.05) is 19.4 Å². The first-order chi connectivity index (χ1) is 8.91. The number of carbonyl (C=O) groups is 2. The van der Waals surface area contributed by atoms with Crippen LogP contribution in [0.15, 0.2) is 24.5 Å². The molecule has 1 rings (SSSR count). The fourth-order valence-electron chi connectivity index (χ4n) is 1.85. The Morgan fingerprint density at radius 2 is 2.11 bits per heavy atom. The molecule has 0 bridgehead atoms. The second-order valence-electron chi connectivity index (χ2n) is 5.03. The van der Waals surface area contributed by atoms with E-state index in [1.807, 2.05) is 13.8 Å². The molecule has 19 heavy (non-hydrogen) atoms. The summed E-state index contributed by atoms with van der Waals surface area (Å²) >= 11 is 0. The van der Waals surface area contributed by atoms with E-state index >= 15 is 0 Å². The normalized spacial score (nSPS) is 12.2. The van der Waals surface area contributed by atoms with E-state index in [2.05, 4.69) is 4.98 Å². The van der Waals surface area contributed by atoms with Gasteiger partial charge in [0.05, 0.1) is 6.42 Å². The van der Waals surface area contributed by atoms with E-state index in [4.69, 9.17) is 0 Å². The summed E-state index contributed by atoms with van der Waals surface area (Å²) in [6.07, 6.45) is 3.87. The highest BCUT2D eigenvalue weighted by Gasteiger charge is 2.27. The molecule has 0 aromatic carbocycles. The van der Waals surface area contributed by atoms with Crippen LogP contribution in [-0.4, -0.2) is 40.0 Å². The van der Waals surface area contributed by atoms with Crippen molar-refractivity contribution in [2.24, 2.45) is 5.92 Å². The Bertz CT molecular complexity index is 432. The molecule has 1 unspecified atom stereocenters. The smallest absolute Gasteiger partial charge is 0.326 e. The van der Waals surface area contributed by atoms with Gasteiger partial charge in [0.2, 0.25) is 5.91 Å². The number of nitrogens with zero attached hydrogens (tertiary/aromatic N) is 2. The van der Waals surface area contributed by atoms with Crippen LogP contribution < -0.4 is 0 Å². The highest BCUT2D eigenvalue weighted by atomic mass is 16.4. The molecule has 5 nitrogen and oxygen atoms in total. The van der Waals surface area contributed by atoms with Gasteiger partial charge in [0.1, 0.15) is 6.04 Å². The fraction of sp³-hybridized carbons (Fsp3) is 0.500. The summed E-state index contributed by atoms with van der Waals surface area (Å²) in [5, 5.41) is 9.20. The number of carbonyl (C=O) groups excluding carboxylic acids is 1. The molecule has 1 atom stereocenters. The van der Waals surface area contributed by atoms with Gasteiger partial charge in [-0.1, -0.05) is 19.9 Å². The van der Waals surface area contributed by atoms with Gasteiger partial charge in [0.15, 0.2) is 0 Å². The Balaban J connectivity index is 2.71. The van der Waals surface area contributed by atoms with Crippen molar-refractivity contribution >= 4 is 11.9 Å². The van der Waals surface area contributed by atoms with E-state index < -0.39 is 12.0 Å². The third-order valence-electron chi connectivity index (χ3n) is 2.92. The molecule has 5 heteroatoms. The lowest BCUT2D eigenvalue weighted by Crippen LogP contribution is -2.43. The van der Waals surface area contributed by atoms with E-state index in [-0.39, 0.29) is 18.2 Å². The number of aromatic nitrogens is 1. The van der Waals surface area contributed by atoms with E-state index in [9.17, 15) is 14.7 Å². The zero-order chi connectivity index (χ0) is 14.4. The van der Waals surface area contributed by atoms with Crippen LogP contribution in [0.2, 0.25) is 0 Å². The summed E-state index contributed by atoms with van der Waals surface area (Å²) in [7, 11) is 1.54. The molecular weight excluding hydrogens is 244 g/mol. The van der Waals surface area contributed by atoms with Crippen molar-refractivity contribution in [1.29, 1.82) is 0 Å². The topological polar surface area (TPSA) is 70.5 Å². The quantitative estimate of drug-likeness (QED) is 0.847. The SMILES string of the molecule is CC(C)CC(C(=O)O)N(C)C(=O)Cc1cccnc1. The summed E-state index contributed by atoms with van der Waals surface area (Å²) in [4.78, 5) is 28.6. The second kappa shape index (κ2) is 6.87. The number of aliphatic carboxylic acids is 1. The molecular formula is C14H20N2O3. The first-order valence-electron chi connectivity index (χ1n) is 6.29. The highest BCUT2D eigenvalue weighted by molar-refractivity contribution is 5.84. The molecule has 1 aromatic heterocycles. The number of amides is 1. The molecule has 0 saturated heterocycles. The first-order valence-corrected chi connectivity index (χ1v) is 6.29. The van der Waals surface area contributed by atoms with Gasteiger partial charge >= 0.3 is 5.97 Å². The van der Waals surface area contributed by atoms with E-state index in [0.29, 0.717) is 6.42 Å². The van der Waals surface area contributed by atoms with Crippen LogP contribution in [0.25, 0.3) is 0 Å². The Morgan fingerprint density at radius 1 is 1.42 bits per heavy atom. The highest BCUT2D eigenvalue weighted by Crippen LogP contribution is 2.12. The number of hydrogen-bond donors (Lipinski definition) is 1. The average molecular weight is 264 g/mol. The van der Waals surface area contributed by atoms with Gasteiger partial charge in [-0.2, -0.15) is 0 Å². The minimum absolute atomic E-state index is 0.173. The van der Waals surface area contributed by atoms with Crippen molar-refractivity contribution in [3.8, 4) is 0 Å². The summed E-state index contributed by atoms with van der Waals surface area (Å²) in [5.74, 6) is -0.952. The predicted molar refractivity (Wildman–Crippen MR) is 71.6 cm³/mol. The van der Waals surface area contributed by atoms with Gasteiger partial charge < -0.3 is 10.0 Å². The van der Waals surface area contributed by atoms with E-state index in [1.165, 1.54) is 4.90 Å². The van der Waals surface area contributed by atoms with Crippen LogP contribution in [0.3, 0.4) is 0 Å². The molecule has 0 saturated carbocycles. The molecule has 0 fully saturated rings. The minimum Gasteiger partial charge on any atom is -0.480 e. The van der Waals surface area contributed by atoms with E-state index in [0.717, 1.165) is 5.56 Å². The molecule has 1 aromatic rings. The van der Waals surface area contributed by atoms with Crippen molar-refractivity contribution in [2.45, 2.75) is 32.7 Å². The van der Waals surface area contributed by atoms with Crippen molar-refractivity contribution in [2.75, 3.05) is 7.05 Å². The number of carboxylic acid groups (broad SMARTS) is 1. The van der Waals surface area contributed by atoms with Crippen molar-refractivity contribution < 1.29 is 14.7 Å². The third kappa shape index (κ3) is 4.69. The number of pyridine rings is 1. The number of likely N-dealkylation sites (N-methyl/N-ethyl adjacent to an activating group) is 1. The third-order valence-corrected chi connectivity index (χ3v) is 2.92. The lowest BCUT2D eigenvalue weighted by Gasteiger charge is -2.26. The van der Waals surface area contributed by atoms with Crippen LogP contribution >= 0.6 is 0 Å². The largest absolute Gasteiger partial charge is 0.480 e. The summed E-state index contributed by atoms with van der Waals surface area (Å²) in [5.41, 5.74) is 0.785. The molecule has 0 radical (unpaired) electrons. The number of carboxylic acids is 1. The monoisotopic (exact) mass is 264 g/mol. The zero-order valence-electron chi connectivity index (χ0n) is 11.5. The maximum absolute atomic E-state index is 12.1. The van der Waals surface area contributed by atoms with Crippen LogP contribution in [-0.2, 0) is 16.0 Å². The van der Waals surface area contributed by atoms with Gasteiger partial charge in [-0.05, 0) is 24.0 Å². The number of rotatable bonds is 6. The molecule has 0 aliphatic heterocycles. The Kier molecular flexibility index (Phi) is 5.48. The van der Waals surface area contributed by atoms with Crippen LogP contribution in [0, 0.1) is 5.92 Å². The Hall–Kier alpha value is -1.91. The predicted octanol–water partition coefficient (Wildman–Crippen LogP) is 1.58. The summed E-state index contributed by atoms with van der Waals surface area (Å²) in [6.45, 7) is 3.88. The molecule has 0 spiro atoms. The summed E-state index contributed by atoms with van der Waals surface area (Å²) < 4.78 is 0. The molecule has 1 amide bonds. The van der Waals surface area contributed by atoms with Crippen molar-refractivity contribution in [1.82, 2.24) is 9.88 Å². The molecule has 0 aliphatic carbocycles. The Labute approximate surface area is 113 Å². The van der Waals surface area contributed by atoms with Gasteiger partial charge in [0.25, 0.3) is 0 Å². The van der Waals surface area contributed by atoms with Gasteiger partial charge in [-0.3, -0.25) is 9.78 Å². The van der Waals surface area contributed by atoms with Crippen molar-refractivity contribution in [3.05, 3.63) is 30.1 Å². The molecule has 1 heterocycles. The minimum atomic E-state index is -0.962. The summed E-state index contributed by atoms with van der Waals surface area (Å²) in [6, 6.07) is 2.78. The lowest BCUT2D eigenvalue weighted by molar-refractivity contribution is -0.149. The fourth-order valence-corrected chi connectivity index (χ4v) is 1.85. The molecule has 1 N–H and O–H groups in total. The average Bonchev–Trinajstić information content (AvgIpc) is 2.35. The zero-order valence-corrected chi connectivity index (χ0v) is 11.5. The first kappa shape index (κ1) is 15.1. The lowest BCUT2D eigenvalue weighted by atomic mass is 10.0. The van der Waals surface area contributed by atoms with Crippen molar-refractivity contribution in [3.63, 3.8) is 0 Å². The van der Waals surface area contributed by atoms with Crippen LogP contribution in [0.4, 0.5) is 0 Å². The molecule has 104 valence electrons. The van der Waals surface area contributed by atoms with Gasteiger partial charge in [-0.15, -0.1) is 0 Å². The second-order valence-corrected chi connectivity index (χ2v) is 5.03. The Morgan fingerprint density at radius 3 is 2.58 bits per heavy atom. The van der Waals surface area contributed by atoms with Crippen LogP contribution in [0.5, 0.6) is 0 Å². The van der Waals surface area contributed by atoms with E-state index in [1.54, 1.807) is 31.6 Å². The van der Waals surface area contributed by atoms with Crippen LogP contribution in [0.1, 0.15) is 25.8 Å².